The third-order valence-corrected chi connectivity index (χ3v) is 2.41. The van der Waals surface area contributed by atoms with E-state index in [4.69, 9.17) is 0 Å². The molecule has 76 valence electrons. The van der Waals surface area contributed by atoms with Crippen LogP contribution in [0, 0.1) is 11.8 Å². The summed E-state index contributed by atoms with van der Waals surface area (Å²) in [6.45, 7) is 1.74. The Morgan fingerprint density at radius 2 is 2.08 bits per heavy atom. The summed E-state index contributed by atoms with van der Waals surface area (Å²) in [7, 11) is 1.24. The monoisotopic (exact) mass is 192 g/mol. The van der Waals surface area contributed by atoms with Gasteiger partial charge >= 0.3 is 5.97 Å². The summed E-state index contributed by atoms with van der Waals surface area (Å²) in [5.74, 6) is -3.93. The molecule has 0 aromatic heterocycles. The Bertz CT molecular complexity index is 204. The van der Waals surface area contributed by atoms with Gasteiger partial charge in [-0.2, -0.15) is 0 Å². The molecule has 0 aliphatic heterocycles. The number of hydrogen-bond acceptors (Lipinski definition) is 2. The van der Waals surface area contributed by atoms with Gasteiger partial charge in [-0.05, 0) is 12.3 Å². The standard InChI is InChI=1S/C9H14F2O2/c1-6-3-7(8(12)13-2)5-9(10,11)4-6/h6-7H,3-5H2,1-2H3. The predicted molar refractivity (Wildman–Crippen MR) is 43.5 cm³/mol. The summed E-state index contributed by atoms with van der Waals surface area (Å²) < 4.78 is 30.4. The summed E-state index contributed by atoms with van der Waals surface area (Å²) in [6, 6.07) is 0. The highest BCUT2D eigenvalue weighted by Gasteiger charge is 2.42. The molecular weight excluding hydrogens is 178 g/mol. The number of alkyl halides is 2. The van der Waals surface area contributed by atoms with Crippen molar-refractivity contribution in [2.45, 2.75) is 32.1 Å². The van der Waals surface area contributed by atoms with Crippen LogP contribution in [0.25, 0.3) is 0 Å². The SMILES string of the molecule is COC(=O)C1CC(C)CC(F)(F)C1. The summed E-state index contributed by atoms with van der Waals surface area (Å²) >= 11 is 0. The van der Waals surface area contributed by atoms with E-state index in [0.717, 1.165) is 0 Å². The fourth-order valence-electron chi connectivity index (χ4n) is 1.95. The van der Waals surface area contributed by atoms with Crippen molar-refractivity contribution in [1.82, 2.24) is 0 Å². The van der Waals surface area contributed by atoms with Gasteiger partial charge in [0.1, 0.15) is 0 Å². The first-order chi connectivity index (χ1) is 5.94. The summed E-state index contributed by atoms with van der Waals surface area (Å²) in [6.07, 6.45) is 0.0484. The van der Waals surface area contributed by atoms with Gasteiger partial charge in [0.25, 0.3) is 0 Å². The van der Waals surface area contributed by atoms with E-state index in [-0.39, 0.29) is 18.8 Å². The number of carbonyl (C=O) groups excluding carboxylic acids is 1. The molecule has 1 saturated carbocycles. The molecule has 2 atom stereocenters. The van der Waals surface area contributed by atoms with E-state index in [0.29, 0.717) is 6.42 Å². The van der Waals surface area contributed by atoms with Crippen LogP contribution >= 0.6 is 0 Å². The van der Waals surface area contributed by atoms with Gasteiger partial charge in [0.05, 0.1) is 13.0 Å². The van der Waals surface area contributed by atoms with Crippen molar-refractivity contribution in [3.63, 3.8) is 0 Å². The van der Waals surface area contributed by atoms with E-state index in [9.17, 15) is 13.6 Å². The average molecular weight is 192 g/mol. The minimum Gasteiger partial charge on any atom is -0.469 e. The van der Waals surface area contributed by atoms with Crippen LogP contribution in [0.3, 0.4) is 0 Å². The molecule has 0 saturated heterocycles. The number of esters is 1. The highest BCUT2D eigenvalue weighted by Crippen LogP contribution is 2.40. The number of rotatable bonds is 1. The zero-order valence-electron chi connectivity index (χ0n) is 7.85. The zero-order valence-corrected chi connectivity index (χ0v) is 7.85. The van der Waals surface area contributed by atoms with Crippen LogP contribution in [0.15, 0.2) is 0 Å². The van der Waals surface area contributed by atoms with Gasteiger partial charge in [0, 0.05) is 12.8 Å². The minimum absolute atomic E-state index is 0.104. The van der Waals surface area contributed by atoms with E-state index in [1.165, 1.54) is 7.11 Å². The zero-order chi connectivity index (χ0) is 10.1. The molecule has 1 rings (SSSR count). The van der Waals surface area contributed by atoms with Gasteiger partial charge in [0.2, 0.25) is 5.92 Å². The smallest absolute Gasteiger partial charge is 0.308 e. The lowest BCUT2D eigenvalue weighted by atomic mass is 9.80. The lowest BCUT2D eigenvalue weighted by Crippen LogP contribution is -2.34. The summed E-state index contributed by atoms with van der Waals surface area (Å²) in [5.41, 5.74) is 0. The Labute approximate surface area is 76.3 Å². The maximum Gasteiger partial charge on any atom is 0.308 e. The van der Waals surface area contributed by atoms with Crippen LogP contribution in [-0.4, -0.2) is 19.0 Å². The molecule has 0 bridgehead atoms. The largest absolute Gasteiger partial charge is 0.469 e. The second-order valence-corrected chi connectivity index (χ2v) is 3.83. The third kappa shape index (κ3) is 2.64. The second kappa shape index (κ2) is 3.60. The van der Waals surface area contributed by atoms with E-state index in [1.54, 1.807) is 6.92 Å². The molecule has 0 amide bonds. The quantitative estimate of drug-likeness (QED) is 0.595. The van der Waals surface area contributed by atoms with Crippen LogP contribution in [0.5, 0.6) is 0 Å². The molecule has 0 aromatic carbocycles. The van der Waals surface area contributed by atoms with Crippen molar-refractivity contribution in [2.75, 3.05) is 7.11 Å². The number of halogens is 2. The topological polar surface area (TPSA) is 26.3 Å². The van der Waals surface area contributed by atoms with Crippen LogP contribution in [0.4, 0.5) is 8.78 Å². The fraction of sp³-hybridized carbons (Fsp3) is 0.889. The van der Waals surface area contributed by atoms with Gasteiger partial charge in [-0.3, -0.25) is 4.79 Å². The van der Waals surface area contributed by atoms with Crippen LogP contribution < -0.4 is 0 Å². The first-order valence-electron chi connectivity index (χ1n) is 4.40. The maximum atomic E-state index is 13.0. The molecule has 0 radical (unpaired) electrons. The van der Waals surface area contributed by atoms with Crippen molar-refractivity contribution >= 4 is 5.97 Å². The first kappa shape index (κ1) is 10.4. The molecule has 0 N–H and O–H groups in total. The van der Waals surface area contributed by atoms with E-state index in [1.807, 2.05) is 0 Å². The Morgan fingerprint density at radius 3 is 2.54 bits per heavy atom. The number of ether oxygens (including phenoxy) is 1. The fourth-order valence-corrected chi connectivity index (χ4v) is 1.95. The molecular formula is C9H14F2O2. The first-order valence-corrected chi connectivity index (χ1v) is 4.40. The van der Waals surface area contributed by atoms with Gasteiger partial charge in [0.15, 0.2) is 0 Å². The highest BCUT2D eigenvalue weighted by atomic mass is 19.3. The van der Waals surface area contributed by atoms with Crippen molar-refractivity contribution < 1.29 is 18.3 Å². The van der Waals surface area contributed by atoms with Crippen molar-refractivity contribution in [2.24, 2.45) is 11.8 Å². The van der Waals surface area contributed by atoms with E-state index < -0.39 is 17.8 Å². The van der Waals surface area contributed by atoms with Crippen LogP contribution in [0.2, 0.25) is 0 Å². The predicted octanol–water partition coefficient (Wildman–Crippen LogP) is 2.23. The van der Waals surface area contributed by atoms with Crippen molar-refractivity contribution in [1.29, 1.82) is 0 Å². The Kier molecular flexibility index (Phi) is 2.88. The van der Waals surface area contributed by atoms with E-state index >= 15 is 0 Å². The molecule has 4 heteroatoms. The Balaban J connectivity index is 2.62. The molecule has 13 heavy (non-hydrogen) atoms. The Morgan fingerprint density at radius 1 is 1.46 bits per heavy atom. The average Bonchev–Trinajstić information content (AvgIpc) is 1.99. The van der Waals surface area contributed by atoms with Crippen molar-refractivity contribution in [3.8, 4) is 0 Å². The summed E-state index contributed by atoms with van der Waals surface area (Å²) in [5, 5.41) is 0. The van der Waals surface area contributed by atoms with E-state index in [2.05, 4.69) is 4.74 Å². The molecule has 0 heterocycles. The molecule has 1 aliphatic carbocycles. The van der Waals surface area contributed by atoms with Gasteiger partial charge in [-0.15, -0.1) is 0 Å². The molecule has 1 aliphatic rings. The van der Waals surface area contributed by atoms with Gasteiger partial charge < -0.3 is 4.74 Å². The molecule has 0 spiro atoms. The minimum atomic E-state index is -2.70. The number of carbonyl (C=O) groups is 1. The third-order valence-electron chi connectivity index (χ3n) is 2.41. The van der Waals surface area contributed by atoms with Crippen LogP contribution in [-0.2, 0) is 9.53 Å². The normalized spacial score (nSPS) is 32.6. The Hall–Kier alpha value is -0.670. The lowest BCUT2D eigenvalue weighted by molar-refractivity contribution is -0.154. The lowest BCUT2D eigenvalue weighted by Gasteiger charge is -2.31. The molecule has 0 aromatic rings. The summed E-state index contributed by atoms with van der Waals surface area (Å²) in [4.78, 5) is 11.0. The van der Waals surface area contributed by atoms with Gasteiger partial charge in [-0.25, -0.2) is 8.78 Å². The number of hydrogen-bond donors (Lipinski definition) is 0. The molecule has 1 fully saturated rings. The molecule has 2 unspecified atom stereocenters. The number of methoxy groups -OCH3 is 1. The highest BCUT2D eigenvalue weighted by molar-refractivity contribution is 5.72. The molecule has 2 nitrogen and oxygen atoms in total. The van der Waals surface area contributed by atoms with Gasteiger partial charge in [-0.1, -0.05) is 6.92 Å². The maximum absolute atomic E-state index is 13.0. The van der Waals surface area contributed by atoms with Crippen molar-refractivity contribution in [3.05, 3.63) is 0 Å². The van der Waals surface area contributed by atoms with Crippen LogP contribution in [0.1, 0.15) is 26.2 Å². The second-order valence-electron chi connectivity index (χ2n) is 3.83.